The van der Waals surface area contributed by atoms with Crippen LogP contribution in [0.4, 0.5) is 0 Å². The molecule has 0 saturated carbocycles. The molecule has 150 valence electrons. The van der Waals surface area contributed by atoms with Gasteiger partial charge in [-0.15, -0.1) is 0 Å². The molecule has 2 atom stereocenters. The minimum absolute atomic E-state index is 0.0681. The quantitative estimate of drug-likeness (QED) is 0.509. The fraction of sp³-hybridized carbons (Fsp3) is 0.478. The van der Waals surface area contributed by atoms with Crippen molar-refractivity contribution >= 4 is 28.5 Å². The number of benzene rings is 2. The Bertz CT molecular complexity index is 799. The molecule has 2 heterocycles. The van der Waals surface area contributed by atoms with E-state index in [0.29, 0.717) is 0 Å². The largest absolute Gasteiger partial charge is 0.299 e. The van der Waals surface area contributed by atoms with Gasteiger partial charge in [0.15, 0.2) is 7.29 Å². The molecule has 0 radical (unpaired) electrons. The van der Waals surface area contributed by atoms with Gasteiger partial charge in [-0.05, 0) is 56.5 Å². The maximum Gasteiger partial charge on any atom is 0.199 e. The molecule has 2 saturated heterocycles. The molecule has 4 rings (SSSR count). The molecule has 0 bridgehead atoms. The molecule has 2 aliphatic heterocycles. The van der Waals surface area contributed by atoms with Crippen LogP contribution in [0.1, 0.15) is 49.9 Å². The highest BCUT2D eigenvalue weighted by Gasteiger charge is 2.45. The first kappa shape index (κ1) is 20.3. The third-order valence-corrected chi connectivity index (χ3v) is 10.2. The van der Waals surface area contributed by atoms with Crippen molar-refractivity contribution < 1.29 is 4.57 Å². The van der Waals surface area contributed by atoms with Crippen LogP contribution < -0.4 is 5.30 Å². The van der Waals surface area contributed by atoms with Crippen molar-refractivity contribution in [1.82, 2.24) is 9.57 Å². The lowest BCUT2D eigenvalue weighted by molar-refractivity contribution is 0.198. The van der Waals surface area contributed by atoms with Crippen molar-refractivity contribution in [3.63, 3.8) is 0 Å². The van der Waals surface area contributed by atoms with Crippen LogP contribution in [0.25, 0.3) is 0 Å². The number of nitrogens with zero attached hydrogens (tertiary/aromatic N) is 2. The summed E-state index contributed by atoms with van der Waals surface area (Å²) in [5.74, 6) is -0.0681. The summed E-state index contributed by atoms with van der Waals surface area (Å²) in [7, 11) is -2.82. The van der Waals surface area contributed by atoms with Crippen LogP contribution in [0.5, 0.6) is 0 Å². The molecule has 2 aromatic carbocycles. The first-order valence-corrected chi connectivity index (χ1v) is 13.1. The molecule has 5 heteroatoms. The summed E-state index contributed by atoms with van der Waals surface area (Å²) >= 11 is 3.57. The summed E-state index contributed by atoms with van der Waals surface area (Å²) in [4.78, 5) is 2.51. The normalized spacial score (nSPS) is 22.5. The molecule has 28 heavy (non-hydrogen) atoms. The van der Waals surface area contributed by atoms with Crippen LogP contribution in [0.15, 0.2) is 59.1 Å². The summed E-state index contributed by atoms with van der Waals surface area (Å²) in [5.41, 5.74) is 1.18. The van der Waals surface area contributed by atoms with Gasteiger partial charge in [0.2, 0.25) is 0 Å². The molecule has 0 unspecified atom stereocenters. The lowest BCUT2D eigenvalue weighted by atomic mass is 10.1. The lowest BCUT2D eigenvalue weighted by Crippen LogP contribution is -2.41. The van der Waals surface area contributed by atoms with Gasteiger partial charge < -0.3 is 0 Å². The van der Waals surface area contributed by atoms with E-state index < -0.39 is 7.29 Å². The Kier molecular flexibility index (Phi) is 6.73. The van der Waals surface area contributed by atoms with E-state index in [1.807, 2.05) is 18.2 Å². The molecular formula is C23H30BrN2OP. The van der Waals surface area contributed by atoms with Gasteiger partial charge in [-0.25, -0.2) is 4.67 Å². The molecule has 0 N–H and O–H groups in total. The predicted octanol–water partition coefficient (Wildman–Crippen LogP) is 6.02. The molecule has 0 amide bonds. The Morgan fingerprint density at radius 3 is 1.93 bits per heavy atom. The fourth-order valence-electron chi connectivity index (χ4n) is 4.71. The zero-order chi connectivity index (χ0) is 19.4. The standard InChI is InChI=1S/C23H30BrN2OP/c24-21-14-12-20(13-15-21)23(25-16-6-2-7-17-25)28(27,22-10-4-1-5-11-22)26-18-8-3-9-19-26/h1,4-5,10-15,23H,2-3,6-9,16-19H2/t23-,28-/m1/s1. The lowest BCUT2D eigenvalue weighted by Gasteiger charge is -2.45. The average molecular weight is 461 g/mol. The summed E-state index contributed by atoms with van der Waals surface area (Å²) < 4.78 is 18.5. The monoisotopic (exact) mass is 460 g/mol. The van der Waals surface area contributed by atoms with Crippen molar-refractivity contribution in [2.75, 3.05) is 26.2 Å². The van der Waals surface area contributed by atoms with E-state index in [-0.39, 0.29) is 5.78 Å². The van der Waals surface area contributed by atoms with E-state index >= 15 is 4.57 Å². The number of rotatable bonds is 5. The second kappa shape index (κ2) is 9.26. The smallest absolute Gasteiger partial charge is 0.199 e. The van der Waals surface area contributed by atoms with Gasteiger partial charge in [0.05, 0.1) is 0 Å². The molecule has 2 aromatic rings. The van der Waals surface area contributed by atoms with E-state index in [4.69, 9.17) is 0 Å². The van der Waals surface area contributed by atoms with Crippen LogP contribution in [-0.2, 0) is 4.57 Å². The highest BCUT2D eigenvalue weighted by Crippen LogP contribution is 2.63. The van der Waals surface area contributed by atoms with E-state index in [2.05, 4.69) is 61.9 Å². The molecule has 0 aliphatic carbocycles. The van der Waals surface area contributed by atoms with Gasteiger partial charge >= 0.3 is 0 Å². The Labute approximate surface area is 177 Å². The summed E-state index contributed by atoms with van der Waals surface area (Å²) in [6, 6.07) is 18.8. The minimum atomic E-state index is -2.82. The summed E-state index contributed by atoms with van der Waals surface area (Å²) in [6.07, 6.45) is 7.21. The van der Waals surface area contributed by atoms with Crippen molar-refractivity contribution in [2.45, 2.75) is 44.3 Å². The number of hydrogen-bond acceptors (Lipinski definition) is 2. The van der Waals surface area contributed by atoms with E-state index in [1.165, 1.54) is 31.2 Å². The number of halogens is 1. The summed E-state index contributed by atoms with van der Waals surface area (Å²) in [5, 5.41) is 1.01. The van der Waals surface area contributed by atoms with E-state index in [9.17, 15) is 0 Å². The number of piperidine rings is 2. The van der Waals surface area contributed by atoms with Crippen molar-refractivity contribution in [1.29, 1.82) is 0 Å². The molecule has 0 spiro atoms. The van der Waals surface area contributed by atoms with Gasteiger partial charge in [0.25, 0.3) is 0 Å². The van der Waals surface area contributed by atoms with Crippen LogP contribution in [0.3, 0.4) is 0 Å². The Hall–Kier alpha value is -0.930. The Balaban J connectivity index is 1.84. The molecule has 2 aliphatic rings. The average Bonchev–Trinajstić information content (AvgIpc) is 2.77. The van der Waals surface area contributed by atoms with Gasteiger partial charge in [-0.1, -0.05) is 71.2 Å². The fourth-order valence-corrected chi connectivity index (χ4v) is 8.62. The van der Waals surface area contributed by atoms with Crippen molar-refractivity contribution in [3.8, 4) is 0 Å². The molecule has 0 aromatic heterocycles. The molecule has 2 fully saturated rings. The predicted molar refractivity (Wildman–Crippen MR) is 121 cm³/mol. The molecule has 3 nitrogen and oxygen atoms in total. The first-order valence-electron chi connectivity index (χ1n) is 10.6. The maximum atomic E-state index is 15.1. The molecular weight excluding hydrogens is 431 g/mol. The van der Waals surface area contributed by atoms with Crippen molar-refractivity contribution in [2.24, 2.45) is 0 Å². The Morgan fingerprint density at radius 1 is 0.750 bits per heavy atom. The van der Waals surface area contributed by atoms with Gasteiger partial charge in [-0.2, -0.15) is 0 Å². The second-order valence-corrected chi connectivity index (χ2v) is 11.7. The van der Waals surface area contributed by atoms with Gasteiger partial charge in [0.1, 0.15) is 5.78 Å². The van der Waals surface area contributed by atoms with E-state index in [1.54, 1.807) is 0 Å². The SMILES string of the molecule is O=[P@](c1ccccc1)([C@H](c1ccc(Br)cc1)N1CCCCC1)N1CCCCC1. The third-order valence-electron chi connectivity index (χ3n) is 6.11. The first-order chi connectivity index (χ1) is 13.7. The maximum absolute atomic E-state index is 15.1. The zero-order valence-electron chi connectivity index (χ0n) is 16.5. The highest BCUT2D eigenvalue weighted by atomic mass is 79.9. The van der Waals surface area contributed by atoms with Crippen LogP contribution in [0, 0.1) is 0 Å². The summed E-state index contributed by atoms with van der Waals surface area (Å²) in [6.45, 7) is 3.94. The third kappa shape index (κ3) is 4.16. The van der Waals surface area contributed by atoms with Crippen LogP contribution >= 0.6 is 23.2 Å². The highest BCUT2D eigenvalue weighted by molar-refractivity contribution is 9.10. The van der Waals surface area contributed by atoms with Gasteiger partial charge in [0, 0.05) is 22.9 Å². The number of hydrogen-bond donors (Lipinski definition) is 0. The number of likely N-dealkylation sites (tertiary alicyclic amines) is 1. The zero-order valence-corrected chi connectivity index (χ0v) is 19.0. The van der Waals surface area contributed by atoms with Crippen LogP contribution in [-0.4, -0.2) is 35.7 Å². The topological polar surface area (TPSA) is 23.6 Å². The van der Waals surface area contributed by atoms with Gasteiger partial charge in [-0.3, -0.25) is 9.46 Å². The minimum Gasteiger partial charge on any atom is -0.299 e. The Morgan fingerprint density at radius 2 is 1.32 bits per heavy atom. The second-order valence-electron chi connectivity index (χ2n) is 7.99. The van der Waals surface area contributed by atoms with E-state index in [0.717, 1.165) is 48.8 Å². The van der Waals surface area contributed by atoms with Crippen LogP contribution in [0.2, 0.25) is 0 Å². The van der Waals surface area contributed by atoms with Crippen molar-refractivity contribution in [3.05, 3.63) is 64.6 Å².